The van der Waals surface area contributed by atoms with Crippen LogP contribution in [0.15, 0.2) is 0 Å². The Morgan fingerprint density at radius 2 is 1.92 bits per heavy atom. The molecule has 0 aliphatic heterocycles. The molecule has 0 aliphatic carbocycles. The fourth-order valence-corrected chi connectivity index (χ4v) is 1.66. The van der Waals surface area contributed by atoms with Gasteiger partial charge in [0.1, 0.15) is 0 Å². The maximum absolute atomic E-state index is 10.8. The van der Waals surface area contributed by atoms with Gasteiger partial charge in [0.15, 0.2) is 0 Å². The highest BCUT2D eigenvalue weighted by molar-refractivity contribution is 7.76. The third kappa shape index (κ3) is 4.18. The van der Waals surface area contributed by atoms with Gasteiger partial charge in [-0.2, -0.15) is 0 Å². The predicted octanol–water partition coefficient (Wildman–Crippen LogP) is 1.68. The first-order valence-electron chi connectivity index (χ1n) is 4.26. The molecule has 1 atom stereocenters. The molecule has 1 unspecified atom stereocenters. The van der Waals surface area contributed by atoms with E-state index in [2.05, 4.69) is 6.92 Å². The molecule has 0 spiro atoms. The molecule has 0 aromatic rings. The molecule has 0 N–H and O–H groups in total. The second kappa shape index (κ2) is 4.94. The minimum atomic E-state index is -2.09. The fourth-order valence-electron chi connectivity index (χ4n) is 0.935. The summed E-state index contributed by atoms with van der Waals surface area (Å²) >= 11 is -2.09. The molecule has 0 aromatic carbocycles. The van der Waals surface area contributed by atoms with Crippen LogP contribution in [-0.2, 0) is 11.3 Å². The molecule has 0 aromatic heterocycles. The predicted molar refractivity (Wildman–Crippen MR) is 50.3 cm³/mol. The van der Waals surface area contributed by atoms with Gasteiger partial charge in [-0.25, -0.2) is 4.31 Å². The lowest BCUT2D eigenvalue weighted by atomic mass is 10.1. The molecule has 74 valence electrons. The highest BCUT2D eigenvalue weighted by atomic mass is 32.2. The Balaban J connectivity index is 4.15. The summed E-state index contributed by atoms with van der Waals surface area (Å²) in [5.41, 5.74) is -0.290. The van der Waals surface area contributed by atoms with Gasteiger partial charge in [-0.05, 0) is 27.2 Å². The van der Waals surface area contributed by atoms with E-state index in [0.29, 0.717) is 6.54 Å². The molecule has 0 amide bonds. The van der Waals surface area contributed by atoms with Gasteiger partial charge < -0.3 is 4.55 Å². The van der Waals surface area contributed by atoms with Gasteiger partial charge in [0.25, 0.3) is 0 Å². The summed E-state index contributed by atoms with van der Waals surface area (Å²) in [6.45, 7) is 8.38. The van der Waals surface area contributed by atoms with Crippen molar-refractivity contribution in [1.29, 1.82) is 0 Å². The van der Waals surface area contributed by atoms with Crippen LogP contribution < -0.4 is 0 Å². The second-order valence-corrected chi connectivity index (χ2v) is 4.72. The van der Waals surface area contributed by atoms with Crippen molar-refractivity contribution in [3.8, 4) is 0 Å². The van der Waals surface area contributed by atoms with Gasteiger partial charge in [-0.15, -0.1) is 0 Å². The molecule has 0 rings (SSSR count). The molecular weight excluding hydrogens is 174 g/mol. The summed E-state index contributed by atoms with van der Waals surface area (Å²) in [4.78, 5) is 0. The van der Waals surface area contributed by atoms with Crippen molar-refractivity contribution in [2.75, 3.05) is 6.54 Å². The minimum absolute atomic E-state index is 0.290. The maximum atomic E-state index is 10.8. The second-order valence-electron chi connectivity index (χ2n) is 3.84. The van der Waals surface area contributed by atoms with Gasteiger partial charge in [-0.3, -0.25) is 4.21 Å². The van der Waals surface area contributed by atoms with Crippen LogP contribution in [0.5, 0.6) is 0 Å². The van der Waals surface area contributed by atoms with E-state index in [1.807, 2.05) is 20.8 Å². The summed E-state index contributed by atoms with van der Waals surface area (Å²) in [5, 5.41) is 0. The molecule has 0 aliphatic rings. The molecular formula is C8H18NO2S-. The topological polar surface area (TPSA) is 43.4 Å². The van der Waals surface area contributed by atoms with Crippen LogP contribution in [0.3, 0.4) is 0 Å². The molecule has 0 saturated heterocycles. The quantitative estimate of drug-likeness (QED) is 0.636. The largest absolute Gasteiger partial charge is 0.760 e. The number of unbranched alkanes of at least 4 members (excludes halogenated alkanes) is 1. The van der Waals surface area contributed by atoms with E-state index >= 15 is 0 Å². The van der Waals surface area contributed by atoms with Gasteiger partial charge >= 0.3 is 0 Å². The van der Waals surface area contributed by atoms with Crippen molar-refractivity contribution in [2.45, 2.75) is 46.1 Å². The number of nitrogens with zero attached hydrogens (tertiary/aromatic N) is 1. The summed E-state index contributed by atoms with van der Waals surface area (Å²) < 4.78 is 23.0. The van der Waals surface area contributed by atoms with Crippen LogP contribution in [-0.4, -0.2) is 25.2 Å². The molecule has 12 heavy (non-hydrogen) atoms. The van der Waals surface area contributed by atoms with E-state index < -0.39 is 11.3 Å². The minimum Gasteiger partial charge on any atom is -0.760 e. The molecule has 0 saturated carbocycles. The van der Waals surface area contributed by atoms with Crippen molar-refractivity contribution in [1.82, 2.24) is 4.31 Å². The Morgan fingerprint density at radius 1 is 1.42 bits per heavy atom. The zero-order chi connectivity index (χ0) is 9.78. The maximum Gasteiger partial charge on any atom is 0.0241 e. The van der Waals surface area contributed by atoms with Crippen molar-refractivity contribution >= 4 is 11.3 Å². The Labute approximate surface area is 77.6 Å². The summed E-state index contributed by atoms with van der Waals surface area (Å²) in [7, 11) is 0. The lowest BCUT2D eigenvalue weighted by molar-refractivity contribution is 0.239. The standard InChI is InChI=1S/C8H19NO2S/c1-5-6-7-9(12(10)11)8(2,3)4/h5-7H2,1-4H3,(H,10,11)/p-1. The molecule has 0 heterocycles. The first kappa shape index (κ1) is 12.1. The van der Waals surface area contributed by atoms with E-state index in [1.54, 1.807) is 0 Å². The zero-order valence-electron chi connectivity index (χ0n) is 8.29. The normalized spacial score (nSPS) is 15.2. The Kier molecular flexibility index (Phi) is 4.97. The van der Waals surface area contributed by atoms with E-state index in [1.165, 1.54) is 4.31 Å². The molecule has 3 nitrogen and oxygen atoms in total. The number of hydrogen-bond donors (Lipinski definition) is 0. The van der Waals surface area contributed by atoms with Gasteiger partial charge in [0.05, 0.1) is 0 Å². The summed E-state index contributed by atoms with van der Waals surface area (Å²) in [6, 6.07) is 0. The van der Waals surface area contributed by atoms with Crippen molar-refractivity contribution < 1.29 is 8.76 Å². The van der Waals surface area contributed by atoms with Crippen LogP contribution in [0.25, 0.3) is 0 Å². The monoisotopic (exact) mass is 192 g/mol. The number of hydrogen-bond acceptors (Lipinski definition) is 2. The zero-order valence-corrected chi connectivity index (χ0v) is 9.11. The van der Waals surface area contributed by atoms with E-state index in [-0.39, 0.29) is 5.54 Å². The van der Waals surface area contributed by atoms with Crippen molar-refractivity contribution in [2.24, 2.45) is 0 Å². The van der Waals surface area contributed by atoms with Crippen LogP contribution >= 0.6 is 0 Å². The first-order chi connectivity index (χ1) is 5.39. The fraction of sp³-hybridized carbons (Fsp3) is 1.00. The average molecular weight is 192 g/mol. The van der Waals surface area contributed by atoms with E-state index in [0.717, 1.165) is 12.8 Å². The van der Waals surface area contributed by atoms with Crippen LogP contribution in [0.2, 0.25) is 0 Å². The van der Waals surface area contributed by atoms with Crippen molar-refractivity contribution in [3.63, 3.8) is 0 Å². The molecule has 0 fully saturated rings. The van der Waals surface area contributed by atoms with E-state index in [9.17, 15) is 8.76 Å². The third-order valence-corrected chi connectivity index (χ3v) is 2.73. The molecule has 4 heteroatoms. The summed E-state index contributed by atoms with van der Waals surface area (Å²) in [6.07, 6.45) is 1.94. The van der Waals surface area contributed by atoms with Crippen LogP contribution in [0.1, 0.15) is 40.5 Å². The third-order valence-electron chi connectivity index (χ3n) is 1.64. The SMILES string of the molecule is CCCCN(S(=O)[O-])C(C)(C)C. The van der Waals surface area contributed by atoms with Gasteiger partial charge in [-0.1, -0.05) is 13.3 Å². The highest BCUT2D eigenvalue weighted by Gasteiger charge is 2.20. The Morgan fingerprint density at radius 3 is 2.17 bits per heavy atom. The lowest BCUT2D eigenvalue weighted by Gasteiger charge is -2.36. The van der Waals surface area contributed by atoms with Crippen LogP contribution in [0.4, 0.5) is 0 Å². The Bertz CT molecular complexity index is 154. The van der Waals surface area contributed by atoms with Gasteiger partial charge in [0.2, 0.25) is 0 Å². The Hall–Kier alpha value is 0.0700. The molecule has 0 radical (unpaired) electrons. The first-order valence-corrected chi connectivity index (χ1v) is 5.29. The lowest BCUT2D eigenvalue weighted by Crippen LogP contribution is -2.42. The van der Waals surface area contributed by atoms with Gasteiger partial charge in [0, 0.05) is 23.4 Å². The van der Waals surface area contributed by atoms with E-state index in [4.69, 9.17) is 0 Å². The van der Waals surface area contributed by atoms with Crippen molar-refractivity contribution in [3.05, 3.63) is 0 Å². The highest BCUT2D eigenvalue weighted by Crippen LogP contribution is 2.15. The summed E-state index contributed by atoms with van der Waals surface area (Å²) in [5.74, 6) is 0. The smallest absolute Gasteiger partial charge is 0.0241 e. The number of rotatable bonds is 4. The average Bonchev–Trinajstić information content (AvgIpc) is 1.84. The van der Waals surface area contributed by atoms with Crippen LogP contribution in [0, 0.1) is 0 Å². The molecule has 0 bridgehead atoms.